The van der Waals surface area contributed by atoms with E-state index in [-0.39, 0.29) is 9.79 Å². The smallest absolute Gasteiger partial charge is 0.199 e. The Morgan fingerprint density at radius 2 is 0.893 bits per heavy atom. The fraction of sp³-hybridized carbons (Fsp3) is 0.125. The van der Waals surface area contributed by atoms with Crippen molar-refractivity contribution in [1.29, 1.82) is 0 Å². The SMILES string of the molecule is O=S(=O)(N=CC(Cl)Cl)c1ccc(-c2ccc(S(=O)(=O)N=CC(Cl)Cl)cc2)cc1. The largest absolute Gasteiger partial charge is 0.282 e. The van der Waals surface area contributed by atoms with Crippen molar-refractivity contribution in [3.63, 3.8) is 0 Å². The van der Waals surface area contributed by atoms with Crippen LogP contribution in [0.5, 0.6) is 0 Å². The van der Waals surface area contributed by atoms with Gasteiger partial charge >= 0.3 is 0 Å². The van der Waals surface area contributed by atoms with E-state index in [0.717, 1.165) is 12.4 Å². The van der Waals surface area contributed by atoms with Gasteiger partial charge in [0.05, 0.1) is 22.2 Å². The molecule has 0 aromatic heterocycles. The van der Waals surface area contributed by atoms with Crippen molar-refractivity contribution in [3.8, 4) is 11.1 Å². The molecule has 0 N–H and O–H groups in total. The fourth-order valence-corrected chi connectivity index (χ4v) is 4.27. The molecular weight excluding hydrogens is 490 g/mol. The van der Waals surface area contributed by atoms with E-state index in [0.29, 0.717) is 11.1 Å². The Morgan fingerprint density at radius 1 is 0.607 bits per heavy atom. The number of rotatable bonds is 7. The molecule has 0 unspecified atom stereocenters. The molecule has 150 valence electrons. The maximum atomic E-state index is 12.0. The molecular formula is C16H12Cl4N2O4S2. The van der Waals surface area contributed by atoms with Gasteiger partial charge in [0, 0.05) is 0 Å². The van der Waals surface area contributed by atoms with Gasteiger partial charge in [0.15, 0.2) is 0 Å². The molecule has 0 saturated carbocycles. The molecule has 0 amide bonds. The fourth-order valence-electron chi connectivity index (χ4n) is 2.01. The van der Waals surface area contributed by atoms with Crippen molar-refractivity contribution >= 4 is 78.9 Å². The van der Waals surface area contributed by atoms with Crippen LogP contribution in [0.3, 0.4) is 0 Å². The Bertz CT molecular complexity index is 991. The molecule has 0 atom stereocenters. The highest BCUT2D eigenvalue weighted by molar-refractivity contribution is 7.90. The number of halogens is 4. The van der Waals surface area contributed by atoms with E-state index < -0.39 is 29.7 Å². The van der Waals surface area contributed by atoms with Gasteiger partial charge in [-0.25, -0.2) is 0 Å². The van der Waals surface area contributed by atoms with Crippen molar-refractivity contribution in [3.05, 3.63) is 48.5 Å². The lowest BCUT2D eigenvalue weighted by Gasteiger charge is -2.05. The van der Waals surface area contributed by atoms with Crippen LogP contribution in [0.15, 0.2) is 67.1 Å². The second kappa shape index (κ2) is 9.56. The minimum absolute atomic E-state index is 0.0354. The first kappa shape index (κ1) is 23.1. The minimum Gasteiger partial charge on any atom is -0.199 e. The Morgan fingerprint density at radius 3 is 1.14 bits per heavy atom. The summed E-state index contributed by atoms with van der Waals surface area (Å²) in [5.41, 5.74) is 1.34. The molecule has 28 heavy (non-hydrogen) atoms. The van der Waals surface area contributed by atoms with Crippen LogP contribution in [0.25, 0.3) is 11.1 Å². The molecule has 0 aliphatic carbocycles. The summed E-state index contributed by atoms with van der Waals surface area (Å²) in [6.07, 6.45) is 1.81. The van der Waals surface area contributed by atoms with Crippen LogP contribution in [-0.4, -0.2) is 38.9 Å². The van der Waals surface area contributed by atoms with Crippen molar-refractivity contribution in [1.82, 2.24) is 0 Å². The topological polar surface area (TPSA) is 93.0 Å². The van der Waals surface area contributed by atoms with Gasteiger partial charge in [-0.15, -0.1) is 0 Å². The van der Waals surface area contributed by atoms with E-state index in [9.17, 15) is 16.8 Å². The second-order valence-corrected chi connectivity index (χ2v) is 10.8. The third kappa shape index (κ3) is 6.43. The first-order chi connectivity index (χ1) is 13.0. The maximum absolute atomic E-state index is 12.0. The first-order valence-electron chi connectivity index (χ1n) is 7.39. The Balaban J connectivity index is 2.26. The van der Waals surface area contributed by atoms with Gasteiger partial charge < -0.3 is 0 Å². The van der Waals surface area contributed by atoms with Gasteiger partial charge in [0.2, 0.25) is 0 Å². The van der Waals surface area contributed by atoms with Gasteiger partial charge in [0.1, 0.15) is 9.67 Å². The molecule has 6 nitrogen and oxygen atoms in total. The van der Waals surface area contributed by atoms with Crippen molar-refractivity contribution < 1.29 is 16.8 Å². The third-order valence-electron chi connectivity index (χ3n) is 3.26. The van der Waals surface area contributed by atoms with Gasteiger partial charge in [-0.3, -0.25) is 0 Å². The van der Waals surface area contributed by atoms with E-state index in [4.69, 9.17) is 46.4 Å². The normalized spacial score (nSPS) is 13.2. The zero-order valence-corrected chi connectivity index (χ0v) is 18.4. The molecule has 0 aliphatic heterocycles. The van der Waals surface area contributed by atoms with Crippen molar-refractivity contribution in [2.75, 3.05) is 0 Å². The molecule has 0 heterocycles. The zero-order valence-electron chi connectivity index (χ0n) is 13.8. The molecule has 2 rings (SSSR count). The van der Waals surface area contributed by atoms with Crippen LogP contribution in [0.2, 0.25) is 0 Å². The maximum Gasteiger partial charge on any atom is 0.282 e. The van der Waals surface area contributed by atoms with Crippen LogP contribution < -0.4 is 0 Å². The number of hydrogen-bond donors (Lipinski definition) is 0. The average molecular weight is 502 g/mol. The Kier molecular flexibility index (Phi) is 7.89. The highest BCUT2D eigenvalue weighted by Crippen LogP contribution is 2.24. The van der Waals surface area contributed by atoms with E-state index >= 15 is 0 Å². The quantitative estimate of drug-likeness (QED) is 0.413. The summed E-state index contributed by atoms with van der Waals surface area (Å²) in [5.74, 6) is 0. The number of nitrogens with zero attached hydrogens (tertiary/aromatic N) is 2. The minimum atomic E-state index is -3.91. The average Bonchev–Trinajstić information content (AvgIpc) is 2.65. The Labute approximate surface area is 182 Å². The number of hydrogen-bond acceptors (Lipinski definition) is 4. The number of alkyl halides is 4. The summed E-state index contributed by atoms with van der Waals surface area (Å²) < 4.78 is 54.9. The molecule has 2 aromatic rings. The van der Waals surface area contributed by atoms with Crippen LogP contribution in [0.4, 0.5) is 0 Å². The summed E-state index contributed by atoms with van der Waals surface area (Å²) in [4.78, 5) is -2.14. The molecule has 0 fully saturated rings. The highest BCUT2D eigenvalue weighted by atomic mass is 35.5. The molecule has 0 spiro atoms. The highest BCUT2D eigenvalue weighted by Gasteiger charge is 2.14. The molecule has 12 heteroatoms. The molecule has 0 saturated heterocycles. The van der Waals surface area contributed by atoms with Crippen molar-refractivity contribution in [2.24, 2.45) is 8.80 Å². The van der Waals surface area contributed by atoms with Crippen LogP contribution >= 0.6 is 46.4 Å². The van der Waals surface area contributed by atoms with Gasteiger partial charge in [-0.05, 0) is 35.4 Å². The first-order valence-corrected chi connectivity index (χ1v) is 12.0. The standard InChI is InChI=1S/C16H12Cl4N2O4S2/c17-15(18)9-21-27(23,24)13-5-1-11(2-6-13)12-3-7-14(8-4-12)28(25,26)22-10-16(19)20/h1-10,15-16H. The summed E-state index contributed by atoms with van der Waals surface area (Å²) in [6, 6.07) is 11.7. The molecule has 0 bridgehead atoms. The Hall–Kier alpha value is -1.16. The van der Waals surface area contributed by atoms with Crippen molar-refractivity contribution in [2.45, 2.75) is 19.5 Å². The summed E-state index contributed by atoms with van der Waals surface area (Å²) in [7, 11) is -7.82. The van der Waals surface area contributed by atoms with Gasteiger partial charge in [-0.1, -0.05) is 70.7 Å². The lowest BCUT2D eigenvalue weighted by atomic mass is 10.1. The van der Waals surface area contributed by atoms with E-state index in [2.05, 4.69) is 8.80 Å². The number of sulfonamides is 2. The zero-order chi connectivity index (χ0) is 20.9. The lowest BCUT2D eigenvalue weighted by molar-refractivity contribution is 0.596. The monoisotopic (exact) mass is 500 g/mol. The van der Waals surface area contributed by atoms with Crippen LogP contribution in [-0.2, 0) is 20.0 Å². The number of benzene rings is 2. The van der Waals surface area contributed by atoms with Crippen LogP contribution in [0.1, 0.15) is 0 Å². The summed E-state index contributed by atoms with van der Waals surface area (Å²) >= 11 is 21.8. The summed E-state index contributed by atoms with van der Waals surface area (Å²) in [6.45, 7) is 0. The van der Waals surface area contributed by atoms with Gasteiger partial charge in [-0.2, -0.15) is 25.6 Å². The lowest BCUT2D eigenvalue weighted by Crippen LogP contribution is -2.00. The van der Waals surface area contributed by atoms with E-state index in [1.807, 2.05) is 0 Å². The summed E-state index contributed by atoms with van der Waals surface area (Å²) in [5, 5.41) is 0. The predicted octanol–water partition coefficient (Wildman–Crippen LogP) is 4.48. The third-order valence-corrected chi connectivity index (χ3v) is 6.25. The molecule has 2 aromatic carbocycles. The van der Waals surface area contributed by atoms with E-state index in [1.165, 1.54) is 24.3 Å². The van der Waals surface area contributed by atoms with Crippen LogP contribution in [0, 0.1) is 0 Å². The second-order valence-electron chi connectivity index (χ2n) is 5.18. The van der Waals surface area contributed by atoms with Gasteiger partial charge in [0.25, 0.3) is 20.0 Å². The predicted molar refractivity (Wildman–Crippen MR) is 114 cm³/mol. The molecule has 0 radical (unpaired) electrons. The van der Waals surface area contributed by atoms with E-state index in [1.54, 1.807) is 24.3 Å². The molecule has 0 aliphatic rings.